The van der Waals surface area contributed by atoms with Crippen LogP contribution in [-0.2, 0) is 0 Å². The molecule has 0 aliphatic heterocycles. The van der Waals surface area contributed by atoms with Gasteiger partial charge in [0.25, 0.3) is 0 Å². The standard InChI is InChI=1S/C23H15F5O2/c1-14-2-4-15(5-3-14)16-6-8-17(9-7-16)22(29)30-18-12-20(24)19(21(25)13-18)10-11-23(26,27)28/h2-13H,1H3/b11-10+. The predicted octanol–water partition coefficient (Wildman–Crippen LogP) is 6.73. The maximum atomic E-state index is 14.0. The van der Waals surface area contributed by atoms with Crippen LogP contribution in [-0.4, -0.2) is 12.1 Å². The highest BCUT2D eigenvalue weighted by atomic mass is 19.4. The second-order valence-electron chi connectivity index (χ2n) is 6.51. The zero-order valence-electron chi connectivity index (χ0n) is 15.6. The Morgan fingerprint density at radius 2 is 1.37 bits per heavy atom. The van der Waals surface area contributed by atoms with Crippen LogP contribution < -0.4 is 4.74 Å². The SMILES string of the molecule is Cc1ccc(-c2ccc(C(=O)Oc3cc(F)c(/C=C/C(F)(F)F)c(F)c3)cc2)cc1. The fourth-order valence-corrected chi connectivity index (χ4v) is 2.67. The number of allylic oxidation sites excluding steroid dienone is 1. The average Bonchev–Trinajstić information content (AvgIpc) is 2.67. The predicted molar refractivity (Wildman–Crippen MR) is 103 cm³/mol. The number of carbonyl (C=O) groups excluding carboxylic acids is 1. The fraction of sp³-hybridized carbons (Fsp3) is 0.0870. The third kappa shape index (κ3) is 5.31. The molecule has 3 rings (SSSR count). The highest BCUT2D eigenvalue weighted by molar-refractivity contribution is 5.91. The minimum absolute atomic E-state index is 0.146. The molecule has 0 spiro atoms. The molecule has 0 radical (unpaired) electrons. The normalized spacial score (nSPS) is 11.7. The van der Waals surface area contributed by atoms with Gasteiger partial charge in [0.2, 0.25) is 0 Å². The van der Waals surface area contributed by atoms with E-state index in [4.69, 9.17) is 4.74 Å². The highest BCUT2D eigenvalue weighted by Crippen LogP contribution is 2.26. The van der Waals surface area contributed by atoms with Crippen LogP contribution in [0.25, 0.3) is 17.2 Å². The first kappa shape index (κ1) is 21.2. The quantitative estimate of drug-likeness (QED) is 0.267. The number of halogens is 5. The largest absolute Gasteiger partial charge is 0.423 e. The van der Waals surface area contributed by atoms with Crippen LogP contribution in [0.2, 0.25) is 0 Å². The van der Waals surface area contributed by atoms with Crippen molar-refractivity contribution < 1.29 is 31.5 Å². The number of aryl methyl sites for hydroxylation is 1. The summed E-state index contributed by atoms with van der Waals surface area (Å²) in [5.74, 6) is -3.88. The second kappa shape index (κ2) is 8.49. The van der Waals surface area contributed by atoms with Crippen molar-refractivity contribution in [2.24, 2.45) is 0 Å². The molecule has 0 saturated carbocycles. The van der Waals surface area contributed by atoms with Gasteiger partial charge in [0.05, 0.1) is 5.56 Å². The first-order chi connectivity index (χ1) is 14.1. The van der Waals surface area contributed by atoms with Crippen molar-refractivity contribution in [3.8, 4) is 16.9 Å². The number of alkyl halides is 3. The van der Waals surface area contributed by atoms with Crippen LogP contribution in [0.3, 0.4) is 0 Å². The van der Waals surface area contributed by atoms with Gasteiger partial charge < -0.3 is 4.74 Å². The van der Waals surface area contributed by atoms with E-state index in [0.29, 0.717) is 12.1 Å². The van der Waals surface area contributed by atoms with E-state index in [9.17, 15) is 26.7 Å². The smallest absolute Gasteiger partial charge is 0.409 e. The van der Waals surface area contributed by atoms with Gasteiger partial charge in [-0.25, -0.2) is 13.6 Å². The summed E-state index contributed by atoms with van der Waals surface area (Å²) in [6.45, 7) is 1.97. The molecule has 0 amide bonds. The third-order valence-electron chi connectivity index (χ3n) is 4.21. The van der Waals surface area contributed by atoms with Crippen molar-refractivity contribution in [3.63, 3.8) is 0 Å². The minimum Gasteiger partial charge on any atom is -0.423 e. The molecule has 0 aliphatic carbocycles. The van der Waals surface area contributed by atoms with Crippen LogP contribution in [0, 0.1) is 18.6 Å². The lowest BCUT2D eigenvalue weighted by atomic mass is 10.0. The van der Waals surface area contributed by atoms with E-state index in [1.807, 2.05) is 31.2 Å². The zero-order valence-corrected chi connectivity index (χ0v) is 15.6. The van der Waals surface area contributed by atoms with Crippen molar-refractivity contribution in [2.45, 2.75) is 13.1 Å². The molecular formula is C23H15F5O2. The Balaban J connectivity index is 1.75. The van der Waals surface area contributed by atoms with Gasteiger partial charge >= 0.3 is 12.1 Å². The Morgan fingerprint density at radius 1 is 0.867 bits per heavy atom. The molecule has 2 nitrogen and oxygen atoms in total. The first-order valence-corrected chi connectivity index (χ1v) is 8.77. The maximum absolute atomic E-state index is 14.0. The minimum atomic E-state index is -4.71. The Hall–Kier alpha value is -3.48. The van der Waals surface area contributed by atoms with E-state index in [2.05, 4.69) is 0 Å². The molecule has 0 aromatic heterocycles. The molecular weight excluding hydrogens is 403 g/mol. The van der Waals surface area contributed by atoms with E-state index in [1.165, 1.54) is 12.1 Å². The number of esters is 1. The molecule has 3 aromatic rings. The van der Waals surface area contributed by atoms with Crippen LogP contribution in [0.4, 0.5) is 22.0 Å². The Labute approximate surface area is 169 Å². The molecule has 0 saturated heterocycles. The summed E-state index contributed by atoms with van der Waals surface area (Å²) in [5, 5.41) is 0. The lowest BCUT2D eigenvalue weighted by Crippen LogP contribution is -2.09. The highest BCUT2D eigenvalue weighted by Gasteiger charge is 2.23. The summed E-state index contributed by atoms with van der Waals surface area (Å²) in [7, 11) is 0. The zero-order chi connectivity index (χ0) is 21.9. The maximum Gasteiger partial charge on any atom is 0.409 e. The summed E-state index contributed by atoms with van der Waals surface area (Å²) in [4.78, 5) is 12.2. The summed E-state index contributed by atoms with van der Waals surface area (Å²) >= 11 is 0. The van der Waals surface area contributed by atoms with E-state index < -0.39 is 35.1 Å². The molecule has 0 aliphatic rings. The van der Waals surface area contributed by atoms with Crippen LogP contribution >= 0.6 is 0 Å². The monoisotopic (exact) mass is 418 g/mol. The van der Waals surface area contributed by atoms with Gasteiger partial charge in [-0.05, 0) is 36.3 Å². The third-order valence-corrected chi connectivity index (χ3v) is 4.21. The van der Waals surface area contributed by atoms with Gasteiger partial charge in [-0.15, -0.1) is 0 Å². The molecule has 30 heavy (non-hydrogen) atoms. The molecule has 3 aromatic carbocycles. The Morgan fingerprint density at radius 3 is 1.87 bits per heavy atom. The van der Waals surface area contributed by atoms with Gasteiger partial charge in [-0.3, -0.25) is 0 Å². The average molecular weight is 418 g/mol. The molecule has 0 N–H and O–H groups in total. The lowest BCUT2D eigenvalue weighted by Gasteiger charge is -2.08. The summed E-state index contributed by atoms with van der Waals surface area (Å²) < 4.78 is 69.5. The van der Waals surface area contributed by atoms with Gasteiger partial charge in [-0.1, -0.05) is 42.0 Å². The van der Waals surface area contributed by atoms with Crippen LogP contribution in [0.15, 0.2) is 66.7 Å². The number of carbonyl (C=O) groups is 1. The second-order valence-corrected chi connectivity index (χ2v) is 6.51. The van der Waals surface area contributed by atoms with E-state index in [0.717, 1.165) is 16.7 Å². The number of hydrogen-bond donors (Lipinski definition) is 0. The van der Waals surface area contributed by atoms with Crippen LogP contribution in [0.5, 0.6) is 5.75 Å². The fourth-order valence-electron chi connectivity index (χ4n) is 2.67. The van der Waals surface area contributed by atoms with Crippen molar-refractivity contribution in [2.75, 3.05) is 0 Å². The molecule has 154 valence electrons. The van der Waals surface area contributed by atoms with Crippen LogP contribution in [0.1, 0.15) is 21.5 Å². The van der Waals surface area contributed by atoms with Gasteiger partial charge in [0, 0.05) is 23.8 Å². The Kier molecular flexibility index (Phi) is 6.01. The van der Waals surface area contributed by atoms with Gasteiger partial charge in [0.1, 0.15) is 17.4 Å². The summed E-state index contributed by atoms with van der Waals surface area (Å²) in [5.41, 5.74) is 2.19. The molecule has 0 heterocycles. The molecule has 0 bridgehead atoms. The number of ether oxygens (including phenoxy) is 1. The lowest BCUT2D eigenvalue weighted by molar-refractivity contribution is -0.0790. The van der Waals surface area contributed by atoms with Crippen molar-refractivity contribution in [1.29, 1.82) is 0 Å². The summed E-state index contributed by atoms with van der Waals surface area (Å²) in [6.07, 6.45) is -4.72. The van der Waals surface area contributed by atoms with Crippen molar-refractivity contribution in [1.82, 2.24) is 0 Å². The van der Waals surface area contributed by atoms with Crippen molar-refractivity contribution >= 4 is 12.0 Å². The summed E-state index contributed by atoms with van der Waals surface area (Å²) in [6, 6.07) is 15.5. The van der Waals surface area contributed by atoms with Crippen molar-refractivity contribution in [3.05, 3.63) is 95.1 Å². The number of rotatable bonds is 4. The molecule has 0 atom stereocenters. The van der Waals surface area contributed by atoms with E-state index in [1.54, 1.807) is 12.1 Å². The van der Waals surface area contributed by atoms with Gasteiger partial charge in [-0.2, -0.15) is 13.2 Å². The number of benzene rings is 3. The molecule has 7 heteroatoms. The molecule has 0 fully saturated rings. The van der Waals surface area contributed by atoms with E-state index in [-0.39, 0.29) is 17.7 Å². The van der Waals surface area contributed by atoms with E-state index >= 15 is 0 Å². The topological polar surface area (TPSA) is 26.3 Å². The molecule has 0 unspecified atom stereocenters. The number of hydrogen-bond acceptors (Lipinski definition) is 2. The van der Waals surface area contributed by atoms with Gasteiger partial charge in [0.15, 0.2) is 0 Å². The first-order valence-electron chi connectivity index (χ1n) is 8.77. The Bertz CT molecular complexity index is 1060.